The molecule has 0 bridgehead atoms. The van der Waals surface area contributed by atoms with Crippen LogP contribution in [0.15, 0.2) is 12.7 Å². The summed E-state index contributed by atoms with van der Waals surface area (Å²) in [7, 11) is 0. The third-order valence-corrected chi connectivity index (χ3v) is 10.7. The second-order valence-electron chi connectivity index (χ2n) is 14.1. The summed E-state index contributed by atoms with van der Waals surface area (Å²) in [4.78, 5) is 35.3. The molecule has 12 heteroatoms. The maximum atomic E-state index is 11.9. The van der Waals surface area contributed by atoms with Crippen molar-refractivity contribution in [3.63, 3.8) is 0 Å². The van der Waals surface area contributed by atoms with E-state index in [-0.39, 0.29) is 73.3 Å². The van der Waals surface area contributed by atoms with Crippen LogP contribution >= 0.6 is 0 Å². The number of rotatable bonds is 15. The van der Waals surface area contributed by atoms with E-state index in [0.717, 1.165) is 12.8 Å². The summed E-state index contributed by atoms with van der Waals surface area (Å²) >= 11 is 0. The van der Waals surface area contributed by atoms with Crippen molar-refractivity contribution in [1.29, 1.82) is 0 Å². The zero-order valence-electron chi connectivity index (χ0n) is 30.6. The zero-order chi connectivity index (χ0) is 35.7. The second kappa shape index (κ2) is 18.8. The van der Waals surface area contributed by atoms with E-state index < -0.39 is 55.2 Å². The van der Waals surface area contributed by atoms with Gasteiger partial charge in [-0.05, 0) is 36.5 Å². The van der Waals surface area contributed by atoms with Gasteiger partial charge in [-0.3, -0.25) is 14.4 Å². The molecule has 48 heavy (non-hydrogen) atoms. The molecule has 3 rings (SSSR count). The summed E-state index contributed by atoms with van der Waals surface area (Å²) in [6.45, 7) is 23.1. The van der Waals surface area contributed by atoms with Gasteiger partial charge in [0.05, 0.1) is 24.9 Å². The summed E-state index contributed by atoms with van der Waals surface area (Å²) in [5.41, 5.74) is 0. The highest BCUT2D eigenvalue weighted by molar-refractivity contribution is 5.66. The minimum atomic E-state index is -0.700. The third kappa shape index (κ3) is 10.7. The Morgan fingerprint density at radius 3 is 1.42 bits per heavy atom. The van der Waals surface area contributed by atoms with Crippen molar-refractivity contribution in [2.45, 2.75) is 131 Å². The standard InChI is InChI=1S/C36H60O12/c1-12-13-14-15-40-34-24(7)21(4)32(30(45-34)17-42-27(10)38)48-36-25(8)22(5)33(31(46-36)18-43-28(11)39)47-35-23(6)19(2)20(3)29(44-35)16-41-26(9)37/h12,19-25,29-36H,1,13-18H2,2-11H3/t19-,20+,21+,22+,23?,24?,25?,29?,30?,31?,32+,33+,34+,35-,36-/m0/s1. The highest BCUT2D eigenvalue weighted by Gasteiger charge is 2.50. The Bertz CT molecular complexity index is 1050. The van der Waals surface area contributed by atoms with Crippen molar-refractivity contribution in [3.05, 3.63) is 12.7 Å². The molecule has 3 aliphatic heterocycles. The average molecular weight is 685 g/mol. The minimum Gasteiger partial charge on any atom is -0.463 e. The van der Waals surface area contributed by atoms with Gasteiger partial charge in [-0.15, -0.1) is 6.58 Å². The molecule has 15 atom stereocenters. The third-order valence-electron chi connectivity index (χ3n) is 10.7. The highest BCUT2D eigenvalue weighted by atomic mass is 16.7. The van der Waals surface area contributed by atoms with Crippen LogP contribution in [0.25, 0.3) is 0 Å². The minimum absolute atomic E-state index is 0.00483. The summed E-state index contributed by atoms with van der Waals surface area (Å²) in [5, 5.41) is 0. The van der Waals surface area contributed by atoms with Crippen LogP contribution in [-0.2, 0) is 57.0 Å². The lowest BCUT2D eigenvalue weighted by molar-refractivity contribution is -0.352. The Morgan fingerprint density at radius 1 is 0.562 bits per heavy atom. The molecule has 3 aliphatic rings. The van der Waals surface area contributed by atoms with Crippen LogP contribution in [0.2, 0.25) is 0 Å². The number of esters is 3. The first-order chi connectivity index (χ1) is 22.7. The molecule has 0 aromatic heterocycles. The van der Waals surface area contributed by atoms with Gasteiger partial charge in [-0.2, -0.15) is 0 Å². The van der Waals surface area contributed by atoms with Gasteiger partial charge in [-0.25, -0.2) is 0 Å². The summed E-state index contributed by atoms with van der Waals surface area (Å²) in [5.74, 6) is -1.12. The van der Waals surface area contributed by atoms with Gasteiger partial charge >= 0.3 is 17.9 Å². The molecule has 6 unspecified atom stereocenters. The van der Waals surface area contributed by atoms with Crippen LogP contribution in [0, 0.1) is 41.4 Å². The monoisotopic (exact) mass is 684 g/mol. The SMILES string of the molecule is C=CCCCO[C@@H]1OC(COC(C)=O)[C@H](O[C@@H]2OC(COC(C)=O)[C@H](O[C@@H]3OC(COC(C)=O)[C@H](C)[C@H](C)C3C)[C@H](C)C2C)[C@H](C)C1C. The normalized spacial score (nSPS) is 40.1. The van der Waals surface area contributed by atoms with Crippen molar-refractivity contribution in [2.75, 3.05) is 26.4 Å². The Balaban J connectivity index is 1.80. The van der Waals surface area contributed by atoms with Crippen molar-refractivity contribution in [3.8, 4) is 0 Å². The fourth-order valence-corrected chi connectivity index (χ4v) is 6.72. The van der Waals surface area contributed by atoms with Gasteiger partial charge in [-0.1, -0.05) is 54.5 Å². The molecule has 0 aromatic carbocycles. The largest absolute Gasteiger partial charge is 0.463 e. The Morgan fingerprint density at radius 2 is 0.958 bits per heavy atom. The first kappa shape index (κ1) is 40.3. The molecular formula is C36H60O12. The van der Waals surface area contributed by atoms with Gasteiger partial charge < -0.3 is 42.6 Å². The van der Waals surface area contributed by atoms with Gasteiger partial charge in [0.25, 0.3) is 0 Å². The lowest BCUT2D eigenvalue weighted by Gasteiger charge is -2.50. The van der Waals surface area contributed by atoms with Gasteiger partial charge in [0.1, 0.15) is 32.0 Å². The summed E-state index contributed by atoms with van der Waals surface area (Å²) in [6.07, 6.45) is -0.823. The van der Waals surface area contributed by atoms with Crippen LogP contribution in [0.5, 0.6) is 0 Å². The molecule has 0 aromatic rings. The predicted octanol–water partition coefficient (Wildman–Crippen LogP) is 5.06. The average Bonchev–Trinajstić information content (AvgIpc) is 3.03. The topological polar surface area (TPSA) is 134 Å². The molecule has 3 heterocycles. The maximum Gasteiger partial charge on any atom is 0.302 e. The Hall–Kier alpha value is -2.09. The van der Waals surface area contributed by atoms with Crippen molar-refractivity contribution >= 4 is 17.9 Å². The summed E-state index contributed by atoms with van der Waals surface area (Å²) < 4.78 is 55.1. The molecule has 0 amide bonds. The van der Waals surface area contributed by atoms with Crippen LogP contribution in [0.3, 0.4) is 0 Å². The lowest BCUT2D eigenvalue weighted by atomic mass is 9.78. The van der Waals surface area contributed by atoms with Crippen LogP contribution in [0.1, 0.15) is 82.1 Å². The second-order valence-corrected chi connectivity index (χ2v) is 14.1. The summed E-state index contributed by atoms with van der Waals surface area (Å²) in [6, 6.07) is 0. The number of ether oxygens (including phenoxy) is 9. The molecule has 276 valence electrons. The van der Waals surface area contributed by atoms with Crippen molar-refractivity contribution < 1.29 is 57.0 Å². The van der Waals surface area contributed by atoms with E-state index in [4.69, 9.17) is 42.6 Å². The van der Waals surface area contributed by atoms with E-state index in [1.165, 1.54) is 20.8 Å². The maximum absolute atomic E-state index is 11.9. The number of allylic oxidation sites excluding steroid dienone is 1. The highest BCUT2D eigenvalue weighted by Crippen LogP contribution is 2.42. The molecule has 0 aliphatic carbocycles. The fourth-order valence-electron chi connectivity index (χ4n) is 6.72. The van der Waals surface area contributed by atoms with E-state index in [1.807, 2.05) is 13.0 Å². The van der Waals surface area contributed by atoms with E-state index >= 15 is 0 Å². The molecule has 0 saturated carbocycles. The number of carbonyl (C=O) groups excluding carboxylic acids is 3. The van der Waals surface area contributed by atoms with Crippen LogP contribution in [0.4, 0.5) is 0 Å². The quantitative estimate of drug-likeness (QED) is 0.0988. The van der Waals surface area contributed by atoms with Gasteiger partial charge in [0, 0.05) is 38.5 Å². The Labute approximate surface area is 286 Å². The lowest BCUT2D eigenvalue weighted by Crippen LogP contribution is -2.59. The van der Waals surface area contributed by atoms with E-state index in [1.54, 1.807) is 0 Å². The number of hydrogen-bond acceptors (Lipinski definition) is 12. The van der Waals surface area contributed by atoms with Gasteiger partial charge in [0.2, 0.25) is 0 Å². The van der Waals surface area contributed by atoms with Gasteiger partial charge in [0.15, 0.2) is 18.9 Å². The smallest absolute Gasteiger partial charge is 0.302 e. The molecule has 0 N–H and O–H groups in total. The predicted molar refractivity (Wildman–Crippen MR) is 175 cm³/mol. The van der Waals surface area contributed by atoms with E-state index in [0.29, 0.717) is 6.61 Å². The number of hydrogen-bond donors (Lipinski definition) is 0. The van der Waals surface area contributed by atoms with Crippen LogP contribution < -0.4 is 0 Å². The first-order valence-electron chi connectivity index (χ1n) is 17.6. The number of unbranched alkanes of at least 4 members (excludes halogenated alkanes) is 1. The van der Waals surface area contributed by atoms with E-state index in [9.17, 15) is 14.4 Å². The fraction of sp³-hybridized carbons (Fsp3) is 0.861. The number of carbonyl (C=O) groups is 3. The molecular weight excluding hydrogens is 624 g/mol. The molecule has 3 saturated heterocycles. The molecule has 3 fully saturated rings. The molecule has 0 radical (unpaired) electrons. The Kier molecular flexibility index (Phi) is 15.8. The zero-order valence-corrected chi connectivity index (χ0v) is 30.6. The molecule has 12 nitrogen and oxygen atoms in total. The molecule has 0 spiro atoms. The van der Waals surface area contributed by atoms with Crippen molar-refractivity contribution in [2.24, 2.45) is 41.4 Å². The van der Waals surface area contributed by atoms with Crippen molar-refractivity contribution in [1.82, 2.24) is 0 Å². The first-order valence-corrected chi connectivity index (χ1v) is 17.6. The van der Waals surface area contributed by atoms with Crippen LogP contribution in [-0.4, -0.2) is 93.7 Å². The van der Waals surface area contributed by atoms with E-state index in [2.05, 4.69) is 48.1 Å².